The van der Waals surface area contributed by atoms with Gasteiger partial charge in [0.2, 0.25) is 0 Å². The van der Waals surface area contributed by atoms with Crippen molar-refractivity contribution in [1.82, 2.24) is 20.2 Å². The monoisotopic (exact) mass is 375 g/mol. The SMILES string of the molecule is O=C(Nc1ccc(-n2cnnn2)cc1)c1ccc(Oc2ccc(F)cc2)cc1. The molecule has 0 aliphatic rings. The highest BCUT2D eigenvalue weighted by molar-refractivity contribution is 6.04. The lowest BCUT2D eigenvalue weighted by atomic mass is 10.2. The highest BCUT2D eigenvalue weighted by Gasteiger charge is 2.07. The van der Waals surface area contributed by atoms with Gasteiger partial charge in [-0.25, -0.2) is 9.07 Å². The van der Waals surface area contributed by atoms with Crippen LogP contribution in [0, 0.1) is 5.82 Å². The Morgan fingerprint density at radius 2 is 1.54 bits per heavy atom. The third-order valence-electron chi connectivity index (χ3n) is 3.90. The predicted molar refractivity (Wildman–Crippen MR) is 100 cm³/mol. The zero-order valence-corrected chi connectivity index (χ0v) is 14.5. The highest BCUT2D eigenvalue weighted by Crippen LogP contribution is 2.22. The number of rotatable bonds is 5. The molecule has 0 aliphatic heterocycles. The van der Waals surface area contributed by atoms with Gasteiger partial charge in [0.15, 0.2) is 0 Å². The second-order valence-electron chi connectivity index (χ2n) is 5.84. The summed E-state index contributed by atoms with van der Waals surface area (Å²) in [6.45, 7) is 0. The van der Waals surface area contributed by atoms with E-state index in [1.54, 1.807) is 48.5 Å². The van der Waals surface area contributed by atoms with Gasteiger partial charge in [0, 0.05) is 11.3 Å². The number of anilines is 1. The molecule has 0 saturated carbocycles. The van der Waals surface area contributed by atoms with Crippen LogP contribution in [-0.2, 0) is 0 Å². The lowest BCUT2D eigenvalue weighted by Crippen LogP contribution is -2.11. The van der Waals surface area contributed by atoms with Crippen LogP contribution in [0.25, 0.3) is 5.69 Å². The summed E-state index contributed by atoms with van der Waals surface area (Å²) in [4.78, 5) is 12.4. The zero-order valence-electron chi connectivity index (χ0n) is 14.5. The van der Waals surface area contributed by atoms with Crippen LogP contribution in [0.4, 0.5) is 10.1 Å². The summed E-state index contributed by atoms with van der Waals surface area (Å²) in [5.41, 5.74) is 1.91. The molecular formula is C20H14FN5O2. The minimum absolute atomic E-state index is 0.247. The summed E-state index contributed by atoms with van der Waals surface area (Å²) in [5.74, 6) is 0.490. The van der Waals surface area contributed by atoms with Crippen LogP contribution in [0.1, 0.15) is 10.4 Å². The Morgan fingerprint density at radius 3 is 2.14 bits per heavy atom. The Hall–Kier alpha value is -4.07. The Morgan fingerprint density at radius 1 is 0.893 bits per heavy atom. The van der Waals surface area contributed by atoms with E-state index in [9.17, 15) is 9.18 Å². The Labute approximate surface area is 159 Å². The quantitative estimate of drug-likeness (QED) is 0.573. The van der Waals surface area contributed by atoms with Crippen LogP contribution in [0.15, 0.2) is 79.1 Å². The number of tetrazole rings is 1. The summed E-state index contributed by atoms with van der Waals surface area (Å²) < 4.78 is 20.1. The fourth-order valence-corrected chi connectivity index (χ4v) is 2.49. The van der Waals surface area contributed by atoms with E-state index in [1.165, 1.54) is 35.3 Å². The molecule has 138 valence electrons. The highest BCUT2D eigenvalue weighted by atomic mass is 19.1. The molecule has 4 rings (SSSR count). The number of carbonyl (C=O) groups is 1. The van der Waals surface area contributed by atoms with Crippen molar-refractivity contribution in [1.29, 1.82) is 0 Å². The molecule has 0 fully saturated rings. The number of benzene rings is 3. The first kappa shape index (κ1) is 17.3. The maximum absolute atomic E-state index is 12.9. The van der Waals surface area contributed by atoms with E-state index in [-0.39, 0.29) is 11.7 Å². The minimum Gasteiger partial charge on any atom is -0.457 e. The van der Waals surface area contributed by atoms with E-state index in [1.807, 2.05) is 0 Å². The third-order valence-corrected chi connectivity index (χ3v) is 3.90. The van der Waals surface area contributed by atoms with Gasteiger partial charge in [-0.1, -0.05) is 0 Å². The van der Waals surface area contributed by atoms with Crippen molar-refractivity contribution in [3.05, 3.63) is 90.5 Å². The van der Waals surface area contributed by atoms with Crippen molar-refractivity contribution in [3.63, 3.8) is 0 Å². The Balaban J connectivity index is 1.40. The molecule has 1 N–H and O–H groups in total. The molecule has 0 saturated heterocycles. The number of amides is 1. The Bertz CT molecular complexity index is 1060. The molecular weight excluding hydrogens is 361 g/mol. The molecule has 1 heterocycles. The van der Waals surface area contributed by atoms with Crippen LogP contribution < -0.4 is 10.1 Å². The van der Waals surface area contributed by atoms with Gasteiger partial charge in [-0.15, -0.1) is 5.10 Å². The molecule has 1 amide bonds. The van der Waals surface area contributed by atoms with E-state index < -0.39 is 0 Å². The van der Waals surface area contributed by atoms with Crippen molar-refractivity contribution in [2.24, 2.45) is 0 Å². The van der Waals surface area contributed by atoms with E-state index >= 15 is 0 Å². The number of halogens is 1. The van der Waals surface area contributed by atoms with Crippen molar-refractivity contribution in [3.8, 4) is 17.2 Å². The number of aromatic nitrogens is 4. The standard InChI is InChI=1S/C20H14FN5O2/c21-15-3-11-19(12-4-15)28-18-9-1-14(2-10-18)20(27)23-16-5-7-17(8-6-16)26-13-22-24-25-26/h1-13H,(H,23,27). The number of carbonyl (C=O) groups excluding carboxylic acids is 1. The summed E-state index contributed by atoms with van der Waals surface area (Å²) in [6.07, 6.45) is 1.49. The van der Waals surface area contributed by atoms with Gasteiger partial charge < -0.3 is 10.1 Å². The molecule has 0 spiro atoms. The first-order valence-electron chi connectivity index (χ1n) is 8.36. The van der Waals surface area contributed by atoms with Crippen molar-refractivity contribution in [2.75, 3.05) is 5.32 Å². The van der Waals surface area contributed by atoms with Crippen LogP contribution in [-0.4, -0.2) is 26.1 Å². The van der Waals surface area contributed by atoms with Crippen molar-refractivity contribution >= 4 is 11.6 Å². The molecule has 1 aromatic heterocycles. The maximum atomic E-state index is 12.9. The number of nitrogens with zero attached hydrogens (tertiary/aromatic N) is 4. The molecule has 28 heavy (non-hydrogen) atoms. The van der Waals surface area contributed by atoms with Gasteiger partial charge >= 0.3 is 0 Å². The fraction of sp³-hybridized carbons (Fsp3) is 0. The number of hydrogen-bond acceptors (Lipinski definition) is 5. The molecule has 8 heteroatoms. The molecule has 0 radical (unpaired) electrons. The lowest BCUT2D eigenvalue weighted by molar-refractivity contribution is 0.102. The number of hydrogen-bond donors (Lipinski definition) is 1. The average Bonchev–Trinajstić information content (AvgIpc) is 3.26. The second-order valence-corrected chi connectivity index (χ2v) is 5.84. The summed E-state index contributed by atoms with van der Waals surface area (Å²) in [6, 6.07) is 19.5. The summed E-state index contributed by atoms with van der Waals surface area (Å²) in [5, 5.41) is 13.8. The van der Waals surface area contributed by atoms with Crippen LogP contribution in [0.3, 0.4) is 0 Å². The molecule has 0 bridgehead atoms. The molecule has 7 nitrogen and oxygen atoms in total. The number of nitrogens with one attached hydrogen (secondary N) is 1. The largest absolute Gasteiger partial charge is 0.457 e. The van der Waals surface area contributed by atoms with E-state index in [2.05, 4.69) is 20.8 Å². The van der Waals surface area contributed by atoms with Gasteiger partial charge in [-0.05, 0) is 83.2 Å². The fourth-order valence-electron chi connectivity index (χ4n) is 2.49. The molecule has 3 aromatic carbocycles. The van der Waals surface area contributed by atoms with E-state index in [4.69, 9.17) is 4.74 Å². The Kier molecular flexibility index (Phi) is 4.75. The molecule has 0 unspecified atom stereocenters. The van der Waals surface area contributed by atoms with Gasteiger partial charge in [0.05, 0.1) is 5.69 Å². The van der Waals surface area contributed by atoms with Gasteiger partial charge in [-0.2, -0.15) is 0 Å². The van der Waals surface area contributed by atoms with Gasteiger partial charge in [0.1, 0.15) is 23.6 Å². The second kappa shape index (κ2) is 7.67. The topological polar surface area (TPSA) is 81.9 Å². The minimum atomic E-state index is -0.328. The summed E-state index contributed by atoms with van der Waals surface area (Å²) in [7, 11) is 0. The first-order valence-corrected chi connectivity index (χ1v) is 8.36. The number of ether oxygens (including phenoxy) is 1. The van der Waals surface area contributed by atoms with Crippen LogP contribution in [0.2, 0.25) is 0 Å². The third kappa shape index (κ3) is 4.01. The van der Waals surface area contributed by atoms with Crippen molar-refractivity contribution in [2.45, 2.75) is 0 Å². The molecule has 0 aliphatic carbocycles. The maximum Gasteiger partial charge on any atom is 0.255 e. The molecule has 0 atom stereocenters. The zero-order chi connectivity index (χ0) is 19.3. The van der Waals surface area contributed by atoms with Gasteiger partial charge in [-0.3, -0.25) is 4.79 Å². The average molecular weight is 375 g/mol. The smallest absolute Gasteiger partial charge is 0.255 e. The predicted octanol–water partition coefficient (Wildman–Crippen LogP) is 3.85. The van der Waals surface area contributed by atoms with Gasteiger partial charge in [0.25, 0.3) is 5.91 Å². The van der Waals surface area contributed by atoms with E-state index in [0.717, 1.165) is 5.69 Å². The normalized spacial score (nSPS) is 10.5. The first-order chi connectivity index (χ1) is 13.7. The van der Waals surface area contributed by atoms with E-state index in [0.29, 0.717) is 22.7 Å². The summed E-state index contributed by atoms with van der Waals surface area (Å²) >= 11 is 0. The lowest BCUT2D eigenvalue weighted by Gasteiger charge is -2.08. The molecule has 4 aromatic rings. The van der Waals surface area contributed by atoms with Crippen LogP contribution in [0.5, 0.6) is 11.5 Å². The van der Waals surface area contributed by atoms with Crippen LogP contribution >= 0.6 is 0 Å². The van der Waals surface area contributed by atoms with Crippen molar-refractivity contribution < 1.29 is 13.9 Å².